The van der Waals surface area contributed by atoms with E-state index in [2.05, 4.69) is 19.1 Å². The van der Waals surface area contributed by atoms with Crippen LogP contribution in [-0.2, 0) is 9.59 Å². The summed E-state index contributed by atoms with van der Waals surface area (Å²) in [6, 6.07) is 8.15. The summed E-state index contributed by atoms with van der Waals surface area (Å²) in [5.41, 5.74) is 2.14. The van der Waals surface area contributed by atoms with E-state index in [0.29, 0.717) is 12.3 Å². The van der Waals surface area contributed by atoms with Crippen LogP contribution in [0, 0.1) is 18.3 Å². The lowest BCUT2D eigenvalue weighted by atomic mass is 9.86. The average molecular weight is 326 g/mol. The smallest absolute Gasteiger partial charge is 0.227 e. The van der Waals surface area contributed by atoms with Crippen molar-refractivity contribution in [3.8, 4) is 0 Å². The second-order valence-electron chi connectivity index (χ2n) is 7.99. The molecule has 1 aromatic carbocycles. The molecule has 0 N–H and O–H groups in total. The Morgan fingerprint density at radius 1 is 1.21 bits per heavy atom. The lowest BCUT2D eigenvalue weighted by Gasteiger charge is -2.25. The van der Waals surface area contributed by atoms with Crippen LogP contribution in [0.15, 0.2) is 24.3 Å². The third kappa shape index (κ3) is 2.72. The van der Waals surface area contributed by atoms with Crippen molar-refractivity contribution in [3.05, 3.63) is 29.8 Å². The van der Waals surface area contributed by atoms with Gasteiger partial charge in [0.05, 0.1) is 0 Å². The third-order valence-corrected chi connectivity index (χ3v) is 6.09. The van der Waals surface area contributed by atoms with Crippen molar-refractivity contribution in [1.29, 1.82) is 0 Å². The predicted octanol–water partition coefficient (Wildman–Crippen LogP) is 3.14. The summed E-state index contributed by atoms with van der Waals surface area (Å²) < 4.78 is 0. The normalized spacial score (nSPS) is 27.6. The molecule has 1 spiro atoms. The Kier molecular flexibility index (Phi) is 3.86. The molecular formula is C20H26N2O2. The van der Waals surface area contributed by atoms with Crippen LogP contribution in [-0.4, -0.2) is 36.3 Å². The van der Waals surface area contributed by atoms with Crippen molar-refractivity contribution in [1.82, 2.24) is 4.90 Å². The Morgan fingerprint density at radius 2 is 2.00 bits per heavy atom. The summed E-state index contributed by atoms with van der Waals surface area (Å²) in [6.45, 7) is 4.39. The molecule has 0 radical (unpaired) electrons. The highest BCUT2D eigenvalue weighted by molar-refractivity contribution is 5.96. The van der Waals surface area contributed by atoms with Crippen molar-refractivity contribution < 1.29 is 9.59 Å². The molecule has 1 atom stereocenters. The van der Waals surface area contributed by atoms with Gasteiger partial charge in [-0.05, 0) is 43.9 Å². The SMILES string of the molecule is Cc1cccc(N2C[C@@]3(CCN(C(=O)C4CCCC4)C3)CC2=O)c1. The third-order valence-electron chi connectivity index (χ3n) is 6.09. The molecule has 4 heteroatoms. The molecule has 1 aliphatic carbocycles. The zero-order valence-electron chi connectivity index (χ0n) is 14.5. The molecule has 2 aliphatic heterocycles. The summed E-state index contributed by atoms with van der Waals surface area (Å²) in [5, 5.41) is 0. The molecule has 24 heavy (non-hydrogen) atoms. The Hall–Kier alpha value is -1.84. The van der Waals surface area contributed by atoms with E-state index in [1.165, 1.54) is 18.4 Å². The maximum absolute atomic E-state index is 12.7. The van der Waals surface area contributed by atoms with Crippen LogP contribution < -0.4 is 4.90 Å². The first kappa shape index (κ1) is 15.7. The molecule has 0 aromatic heterocycles. The largest absolute Gasteiger partial charge is 0.342 e. The minimum atomic E-state index is -0.0326. The Labute approximate surface area is 143 Å². The van der Waals surface area contributed by atoms with Crippen molar-refractivity contribution >= 4 is 17.5 Å². The van der Waals surface area contributed by atoms with E-state index in [-0.39, 0.29) is 17.2 Å². The Balaban J connectivity index is 1.47. The molecule has 3 fully saturated rings. The molecule has 4 nitrogen and oxygen atoms in total. The van der Waals surface area contributed by atoms with Crippen molar-refractivity contribution in [3.63, 3.8) is 0 Å². The highest BCUT2D eigenvalue weighted by atomic mass is 16.2. The molecular weight excluding hydrogens is 300 g/mol. The topological polar surface area (TPSA) is 40.6 Å². The molecule has 1 aromatic rings. The van der Waals surface area contributed by atoms with Gasteiger partial charge in [-0.25, -0.2) is 0 Å². The van der Waals surface area contributed by atoms with Gasteiger partial charge in [0.2, 0.25) is 11.8 Å². The van der Waals surface area contributed by atoms with Gasteiger partial charge in [0.15, 0.2) is 0 Å². The summed E-state index contributed by atoms with van der Waals surface area (Å²) in [5.74, 6) is 0.784. The van der Waals surface area contributed by atoms with E-state index in [4.69, 9.17) is 0 Å². The predicted molar refractivity (Wildman–Crippen MR) is 93.7 cm³/mol. The van der Waals surface area contributed by atoms with Gasteiger partial charge < -0.3 is 9.80 Å². The second kappa shape index (κ2) is 5.91. The van der Waals surface area contributed by atoms with Gasteiger partial charge in [0.25, 0.3) is 0 Å². The van der Waals surface area contributed by atoms with E-state index in [0.717, 1.165) is 44.6 Å². The summed E-state index contributed by atoms with van der Waals surface area (Å²) in [7, 11) is 0. The van der Waals surface area contributed by atoms with Gasteiger partial charge in [-0.3, -0.25) is 9.59 Å². The monoisotopic (exact) mass is 326 g/mol. The van der Waals surface area contributed by atoms with E-state index < -0.39 is 0 Å². The second-order valence-corrected chi connectivity index (χ2v) is 7.99. The molecule has 4 rings (SSSR count). The van der Waals surface area contributed by atoms with Gasteiger partial charge >= 0.3 is 0 Å². The highest BCUT2D eigenvalue weighted by Crippen LogP contribution is 2.43. The van der Waals surface area contributed by atoms with E-state index in [9.17, 15) is 9.59 Å². The first-order chi connectivity index (χ1) is 11.6. The number of aryl methyl sites for hydroxylation is 1. The molecule has 3 aliphatic rings. The Bertz CT molecular complexity index is 665. The van der Waals surface area contributed by atoms with Crippen LogP contribution in [0.3, 0.4) is 0 Å². The zero-order valence-corrected chi connectivity index (χ0v) is 14.5. The summed E-state index contributed by atoms with van der Waals surface area (Å²) >= 11 is 0. The number of hydrogen-bond donors (Lipinski definition) is 0. The van der Waals surface area contributed by atoms with Gasteiger partial charge in [-0.15, -0.1) is 0 Å². The molecule has 2 saturated heterocycles. The van der Waals surface area contributed by atoms with Crippen LogP contribution in [0.25, 0.3) is 0 Å². The summed E-state index contributed by atoms with van der Waals surface area (Å²) in [4.78, 5) is 29.3. The fraction of sp³-hybridized carbons (Fsp3) is 0.600. The molecule has 0 unspecified atom stereocenters. The molecule has 1 saturated carbocycles. The van der Waals surface area contributed by atoms with Crippen LogP contribution in [0.1, 0.15) is 44.1 Å². The van der Waals surface area contributed by atoms with Gasteiger partial charge in [0, 0.05) is 43.1 Å². The number of likely N-dealkylation sites (tertiary alicyclic amines) is 1. The Morgan fingerprint density at radius 3 is 2.75 bits per heavy atom. The van der Waals surface area contributed by atoms with Crippen LogP contribution in [0.4, 0.5) is 5.69 Å². The maximum Gasteiger partial charge on any atom is 0.227 e. The van der Waals surface area contributed by atoms with Crippen molar-refractivity contribution in [2.24, 2.45) is 11.3 Å². The van der Waals surface area contributed by atoms with Crippen LogP contribution in [0.2, 0.25) is 0 Å². The maximum atomic E-state index is 12.7. The van der Waals surface area contributed by atoms with Crippen molar-refractivity contribution in [2.45, 2.75) is 45.4 Å². The molecule has 128 valence electrons. The fourth-order valence-electron chi connectivity index (χ4n) is 4.75. The zero-order chi connectivity index (χ0) is 16.7. The van der Waals surface area contributed by atoms with E-state index in [1.807, 2.05) is 21.9 Å². The lowest BCUT2D eigenvalue weighted by molar-refractivity contribution is -0.134. The standard InChI is InChI=1S/C20H26N2O2/c1-15-5-4-8-17(11-15)22-14-20(12-18(22)23)9-10-21(13-20)19(24)16-6-2-3-7-16/h4-5,8,11,16H,2-3,6-7,9-10,12-14H2,1H3/t20-/m0/s1. The number of rotatable bonds is 2. The van der Waals surface area contributed by atoms with Crippen molar-refractivity contribution in [2.75, 3.05) is 24.5 Å². The number of amides is 2. The van der Waals surface area contributed by atoms with Crippen LogP contribution in [0.5, 0.6) is 0 Å². The minimum absolute atomic E-state index is 0.0326. The minimum Gasteiger partial charge on any atom is -0.342 e. The van der Waals surface area contributed by atoms with E-state index in [1.54, 1.807) is 0 Å². The highest BCUT2D eigenvalue weighted by Gasteiger charge is 2.49. The van der Waals surface area contributed by atoms with Crippen LogP contribution >= 0.6 is 0 Å². The van der Waals surface area contributed by atoms with Gasteiger partial charge in [-0.2, -0.15) is 0 Å². The molecule has 0 bridgehead atoms. The quantitative estimate of drug-likeness (QED) is 0.838. The number of carbonyl (C=O) groups excluding carboxylic acids is 2. The first-order valence-corrected chi connectivity index (χ1v) is 9.22. The first-order valence-electron chi connectivity index (χ1n) is 9.22. The number of hydrogen-bond acceptors (Lipinski definition) is 2. The number of anilines is 1. The lowest BCUT2D eigenvalue weighted by Crippen LogP contribution is -2.36. The molecule has 2 amide bonds. The number of benzene rings is 1. The van der Waals surface area contributed by atoms with Gasteiger partial charge in [0.1, 0.15) is 0 Å². The number of carbonyl (C=O) groups is 2. The summed E-state index contributed by atoms with van der Waals surface area (Å²) in [6.07, 6.45) is 6.02. The van der Waals surface area contributed by atoms with E-state index >= 15 is 0 Å². The number of nitrogens with zero attached hydrogens (tertiary/aromatic N) is 2. The van der Waals surface area contributed by atoms with Gasteiger partial charge in [-0.1, -0.05) is 25.0 Å². The average Bonchev–Trinajstić information content (AvgIpc) is 3.28. The molecule has 2 heterocycles. The fourth-order valence-corrected chi connectivity index (χ4v) is 4.75.